The van der Waals surface area contributed by atoms with Crippen LogP contribution in [0.15, 0.2) is 48.5 Å². The molecule has 6 heteroatoms. The second kappa shape index (κ2) is 7.46. The number of anilines is 2. The van der Waals surface area contributed by atoms with Gasteiger partial charge in [-0.25, -0.2) is 4.79 Å². The molecule has 23 heavy (non-hydrogen) atoms. The Morgan fingerprint density at radius 2 is 1.91 bits per heavy atom. The van der Waals surface area contributed by atoms with Crippen molar-refractivity contribution in [1.29, 1.82) is 0 Å². The quantitative estimate of drug-likeness (QED) is 0.804. The zero-order chi connectivity index (χ0) is 16.1. The molecule has 0 spiro atoms. The van der Waals surface area contributed by atoms with Gasteiger partial charge in [0.2, 0.25) is 0 Å². The molecule has 1 aliphatic heterocycles. The Morgan fingerprint density at radius 1 is 1.13 bits per heavy atom. The standard InChI is InChI=1S/C17H18ClN3O2/c18-13-2-1-3-15(10-13)21-17(22)20-14-6-4-12(5-7-14)16-11-19-8-9-23-16/h1-7,10,16,19H,8-9,11H2,(H2,20,21,22)/t16-/m1/s1. The first-order valence-electron chi connectivity index (χ1n) is 7.46. The maximum absolute atomic E-state index is 12.0. The molecule has 0 radical (unpaired) electrons. The minimum atomic E-state index is -0.310. The summed E-state index contributed by atoms with van der Waals surface area (Å²) in [7, 11) is 0. The third-order valence-corrected chi connectivity index (χ3v) is 3.79. The summed E-state index contributed by atoms with van der Waals surface area (Å²) in [5.74, 6) is 0. The fourth-order valence-corrected chi connectivity index (χ4v) is 2.61. The van der Waals surface area contributed by atoms with E-state index < -0.39 is 0 Å². The largest absolute Gasteiger partial charge is 0.371 e. The van der Waals surface area contributed by atoms with E-state index in [-0.39, 0.29) is 12.1 Å². The van der Waals surface area contributed by atoms with Crippen molar-refractivity contribution < 1.29 is 9.53 Å². The first-order valence-corrected chi connectivity index (χ1v) is 7.84. The van der Waals surface area contributed by atoms with Crippen molar-refractivity contribution in [1.82, 2.24) is 5.32 Å². The second-order valence-electron chi connectivity index (χ2n) is 5.28. The summed E-state index contributed by atoms with van der Waals surface area (Å²) in [5, 5.41) is 9.40. The number of benzene rings is 2. The Balaban J connectivity index is 1.58. The third kappa shape index (κ3) is 4.45. The molecule has 0 unspecified atom stereocenters. The Bertz CT molecular complexity index is 670. The molecule has 2 aromatic carbocycles. The van der Waals surface area contributed by atoms with Gasteiger partial charge >= 0.3 is 6.03 Å². The number of amides is 2. The van der Waals surface area contributed by atoms with E-state index in [4.69, 9.17) is 16.3 Å². The molecule has 1 atom stereocenters. The number of carbonyl (C=O) groups is 1. The number of hydrogen-bond donors (Lipinski definition) is 3. The van der Waals surface area contributed by atoms with Crippen LogP contribution in [-0.2, 0) is 4.74 Å². The molecule has 3 N–H and O–H groups in total. The van der Waals surface area contributed by atoms with E-state index in [1.54, 1.807) is 24.3 Å². The predicted octanol–water partition coefficient (Wildman–Crippen LogP) is 3.64. The maximum Gasteiger partial charge on any atom is 0.323 e. The smallest absolute Gasteiger partial charge is 0.323 e. The zero-order valence-electron chi connectivity index (χ0n) is 12.5. The second-order valence-corrected chi connectivity index (χ2v) is 5.71. The van der Waals surface area contributed by atoms with E-state index in [0.717, 1.165) is 24.3 Å². The molecule has 2 aromatic rings. The summed E-state index contributed by atoms with van der Waals surface area (Å²) in [4.78, 5) is 12.0. The van der Waals surface area contributed by atoms with Crippen LogP contribution in [0.2, 0.25) is 5.02 Å². The summed E-state index contributed by atoms with van der Waals surface area (Å²) in [6.45, 7) is 2.41. The Labute approximate surface area is 140 Å². The predicted molar refractivity (Wildman–Crippen MR) is 92.1 cm³/mol. The molecule has 1 aliphatic rings. The lowest BCUT2D eigenvalue weighted by molar-refractivity contribution is 0.0277. The first-order chi connectivity index (χ1) is 11.2. The zero-order valence-corrected chi connectivity index (χ0v) is 13.3. The van der Waals surface area contributed by atoms with Gasteiger partial charge in [-0.1, -0.05) is 29.8 Å². The van der Waals surface area contributed by atoms with E-state index in [0.29, 0.717) is 17.3 Å². The van der Waals surface area contributed by atoms with Crippen LogP contribution in [0, 0.1) is 0 Å². The Morgan fingerprint density at radius 3 is 2.61 bits per heavy atom. The molecule has 1 fully saturated rings. The molecule has 3 rings (SSSR count). The highest BCUT2D eigenvalue weighted by molar-refractivity contribution is 6.30. The minimum Gasteiger partial charge on any atom is -0.371 e. The highest BCUT2D eigenvalue weighted by Crippen LogP contribution is 2.21. The first kappa shape index (κ1) is 15.8. The van der Waals surface area contributed by atoms with Gasteiger partial charge in [0.15, 0.2) is 0 Å². The lowest BCUT2D eigenvalue weighted by Crippen LogP contribution is -2.33. The fraction of sp³-hybridized carbons (Fsp3) is 0.235. The van der Waals surface area contributed by atoms with Crippen LogP contribution in [-0.4, -0.2) is 25.7 Å². The fourth-order valence-electron chi connectivity index (χ4n) is 2.42. The molecule has 0 aromatic heterocycles. The van der Waals surface area contributed by atoms with Gasteiger partial charge in [-0.05, 0) is 35.9 Å². The van der Waals surface area contributed by atoms with Crippen LogP contribution in [0.1, 0.15) is 11.7 Å². The van der Waals surface area contributed by atoms with Crippen LogP contribution in [0.4, 0.5) is 16.2 Å². The van der Waals surface area contributed by atoms with Gasteiger partial charge in [0, 0.05) is 29.5 Å². The summed E-state index contributed by atoms with van der Waals surface area (Å²) < 4.78 is 5.70. The van der Waals surface area contributed by atoms with E-state index >= 15 is 0 Å². The monoisotopic (exact) mass is 331 g/mol. The topological polar surface area (TPSA) is 62.4 Å². The van der Waals surface area contributed by atoms with Gasteiger partial charge < -0.3 is 20.7 Å². The summed E-state index contributed by atoms with van der Waals surface area (Å²) in [6.07, 6.45) is 0.0677. The van der Waals surface area contributed by atoms with Gasteiger partial charge in [0.1, 0.15) is 0 Å². The van der Waals surface area contributed by atoms with Crippen molar-refractivity contribution in [2.45, 2.75) is 6.10 Å². The lowest BCUT2D eigenvalue weighted by Gasteiger charge is -2.24. The molecule has 5 nitrogen and oxygen atoms in total. The minimum absolute atomic E-state index is 0.0677. The number of hydrogen-bond acceptors (Lipinski definition) is 3. The molecule has 1 heterocycles. The number of carbonyl (C=O) groups excluding carboxylic acids is 1. The normalized spacial score (nSPS) is 17.5. The highest BCUT2D eigenvalue weighted by Gasteiger charge is 2.15. The Kier molecular flexibility index (Phi) is 5.12. The summed E-state index contributed by atoms with van der Waals surface area (Å²) in [5.41, 5.74) is 2.46. The number of urea groups is 1. The van der Waals surface area contributed by atoms with Crippen molar-refractivity contribution in [3.8, 4) is 0 Å². The molecule has 0 bridgehead atoms. The lowest BCUT2D eigenvalue weighted by atomic mass is 10.1. The average molecular weight is 332 g/mol. The number of ether oxygens (including phenoxy) is 1. The van der Waals surface area contributed by atoms with Crippen LogP contribution in [0.25, 0.3) is 0 Å². The number of morpholine rings is 1. The Hall–Kier alpha value is -2.08. The van der Waals surface area contributed by atoms with Gasteiger partial charge in [-0.15, -0.1) is 0 Å². The molecule has 0 saturated carbocycles. The summed E-state index contributed by atoms with van der Waals surface area (Å²) in [6, 6.07) is 14.4. The van der Waals surface area contributed by atoms with Gasteiger partial charge in [-0.3, -0.25) is 0 Å². The molecule has 0 aliphatic carbocycles. The van der Waals surface area contributed by atoms with Crippen LogP contribution < -0.4 is 16.0 Å². The molecular weight excluding hydrogens is 314 g/mol. The van der Waals surface area contributed by atoms with Gasteiger partial charge in [0.05, 0.1) is 12.7 Å². The maximum atomic E-state index is 12.0. The molecule has 1 saturated heterocycles. The highest BCUT2D eigenvalue weighted by atomic mass is 35.5. The van der Waals surface area contributed by atoms with Gasteiger partial charge in [-0.2, -0.15) is 0 Å². The van der Waals surface area contributed by atoms with E-state index in [1.807, 2.05) is 24.3 Å². The van der Waals surface area contributed by atoms with E-state index in [2.05, 4.69) is 16.0 Å². The SMILES string of the molecule is O=C(Nc1ccc([C@H]2CNCCO2)cc1)Nc1cccc(Cl)c1. The summed E-state index contributed by atoms with van der Waals surface area (Å²) >= 11 is 5.89. The third-order valence-electron chi connectivity index (χ3n) is 3.55. The van der Waals surface area contributed by atoms with Crippen LogP contribution in [0.3, 0.4) is 0 Å². The van der Waals surface area contributed by atoms with Crippen LogP contribution >= 0.6 is 11.6 Å². The van der Waals surface area contributed by atoms with Crippen LogP contribution in [0.5, 0.6) is 0 Å². The van der Waals surface area contributed by atoms with Crippen molar-refractivity contribution in [2.24, 2.45) is 0 Å². The average Bonchev–Trinajstić information content (AvgIpc) is 2.56. The van der Waals surface area contributed by atoms with Gasteiger partial charge in [0.25, 0.3) is 0 Å². The number of rotatable bonds is 3. The van der Waals surface area contributed by atoms with Crippen molar-refractivity contribution in [3.05, 3.63) is 59.1 Å². The molecular formula is C17H18ClN3O2. The van der Waals surface area contributed by atoms with E-state index in [1.165, 1.54) is 0 Å². The van der Waals surface area contributed by atoms with Crippen molar-refractivity contribution in [2.75, 3.05) is 30.3 Å². The number of halogens is 1. The van der Waals surface area contributed by atoms with Crippen molar-refractivity contribution >= 4 is 29.0 Å². The molecule has 2 amide bonds. The van der Waals surface area contributed by atoms with E-state index in [9.17, 15) is 4.79 Å². The molecule has 120 valence electrons. The van der Waals surface area contributed by atoms with Crippen molar-refractivity contribution in [3.63, 3.8) is 0 Å². The number of nitrogens with one attached hydrogen (secondary N) is 3.